The fraction of sp³-hybridized carbons (Fsp3) is 0.304. The zero-order valence-corrected chi connectivity index (χ0v) is 18.0. The van der Waals surface area contributed by atoms with Crippen molar-refractivity contribution in [1.82, 2.24) is 19.9 Å². The summed E-state index contributed by atoms with van der Waals surface area (Å²) in [6.07, 6.45) is 2.87. The van der Waals surface area contributed by atoms with Gasteiger partial charge in [0.1, 0.15) is 11.5 Å². The first-order chi connectivity index (χ1) is 14.7. The van der Waals surface area contributed by atoms with Crippen molar-refractivity contribution in [2.75, 3.05) is 25.7 Å². The zero-order chi connectivity index (χ0) is 20.9. The highest BCUT2D eigenvalue weighted by molar-refractivity contribution is 7.98. The van der Waals surface area contributed by atoms with Crippen molar-refractivity contribution in [2.24, 2.45) is 0 Å². The normalized spacial score (nSPS) is 12.5. The van der Waals surface area contributed by atoms with Gasteiger partial charge in [-0.1, -0.05) is 30.3 Å². The number of aromatic amines is 1. The maximum Gasteiger partial charge on any atom is 0.268 e. The molecule has 6 nitrogen and oxygen atoms in total. The van der Waals surface area contributed by atoms with Gasteiger partial charge in [-0.15, -0.1) is 0 Å². The summed E-state index contributed by atoms with van der Waals surface area (Å²) in [4.78, 5) is 21.4. The Morgan fingerprint density at radius 3 is 2.83 bits per heavy atom. The lowest BCUT2D eigenvalue weighted by Gasteiger charge is -2.17. The average Bonchev–Trinajstić information content (AvgIpc) is 3.36. The number of fused-ring (bicyclic) bond motifs is 2. The molecule has 0 aliphatic carbocycles. The molecule has 7 heteroatoms. The van der Waals surface area contributed by atoms with Gasteiger partial charge in [0.05, 0.1) is 23.7 Å². The Morgan fingerprint density at radius 1 is 1.23 bits per heavy atom. The van der Waals surface area contributed by atoms with Gasteiger partial charge in [0.25, 0.3) is 5.91 Å². The number of benzene rings is 2. The first kappa shape index (κ1) is 20.5. The van der Waals surface area contributed by atoms with E-state index in [9.17, 15) is 4.79 Å². The van der Waals surface area contributed by atoms with E-state index in [0.29, 0.717) is 18.8 Å². The topological polar surface area (TPSA) is 71.9 Å². The van der Waals surface area contributed by atoms with E-state index in [1.807, 2.05) is 59.2 Å². The van der Waals surface area contributed by atoms with Gasteiger partial charge in [-0.3, -0.25) is 4.79 Å². The molecule has 2 heterocycles. The summed E-state index contributed by atoms with van der Waals surface area (Å²) in [5.41, 5.74) is 3.55. The van der Waals surface area contributed by atoms with E-state index in [-0.39, 0.29) is 11.9 Å². The van der Waals surface area contributed by atoms with Crippen molar-refractivity contribution < 1.29 is 9.53 Å². The molecular formula is C23H26N4O2S. The summed E-state index contributed by atoms with van der Waals surface area (Å²) in [6, 6.07) is 17.7. The van der Waals surface area contributed by atoms with Gasteiger partial charge in [0.2, 0.25) is 0 Å². The molecule has 0 saturated heterocycles. The molecule has 0 bridgehead atoms. The number of aromatic nitrogens is 3. The monoisotopic (exact) mass is 422 g/mol. The van der Waals surface area contributed by atoms with Crippen molar-refractivity contribution >= 4 is 39.6 Å². The number of carbonyl (C=O) groups is 1. The van der Waals surface area contributed by atoms with Gasteiger partial charge in [-0.25, -0.2) is 4.98 Å². The number of carbonyl (C=O) groups excluding carboxylic acids is 1. The van der Waals surface area contributed by atoms with Crippen molar-refractivity contribution in [3.05, 3.63) is 66.1 Å². The lowest BCUT2D eigenvalue weighted by molar-refractivity contribution is 0.0922. The molecule has 0 fully saturated rings. The first-order valence-corrected chi connectivity index (χ1v) is 11.4. The van der Waals surface area contributed by atoms with Crippen LogP contribution in [-0.4, -0.2) is 46.2 Å². The number of nitrogens with one attached hydrogen (secondary N) is 2. The fourth-order valence-corrected chi connectivity index (χ4v) is 4.18. The number of amides is 1. The number of nitrogens with zero attached hydrogens (tertiary/aromatic N) is 2. The molecule has 4 rings (SSSR count). The van der Waals surface area contributed by atoms with Gasteiger partial charge in [-0.2, -0.15) is 11.8 Å². The Hall–Kier alpha value is -2.77. The van der Waals surface area contributed by atoms with Crippen LogP contribution in [0.15, 0.2) is 54.6 Å². The quantitative estimate of drug-likeness (QED) is 0.420. The van der Waals surface area contributed by atoms with Crippen LogP contribution >= 0.6 is 11.8 Å². The fourth-order valence-electron chi connectivity index (χ4n) is 3.70. The van der Waals surface area contributed by atoms with E-state index < -0.39 is 0 Å². The third kappa shape index (κ3) is 4.22. The maximum absolute atomic E-state index is 13.3. The van der Waals surface area contributed by atoms with Crippen LogP contribution < -0.4 is 5.32 Å². The Bertz CT molecular complexity index is 1120. The Balaban J connectivity index is 1.65. The van der Waals surface area contributed by atoms with Gasteiger partial charge in [-0.05, 0) is 42.7 Å². The molecule has 4 aromatic rings. The number of hydrogen-bond acceptors (Lipinski definition) is 4. The summed E-state index contributed by atoms with van der Waals surface area (Å²) < 4.78 is 7.29. The third-order valence-electron chi connectivity index (χ3n) is 5.22. The minimum atomic E-state index is -0.189. The highest BCUT2D eigenvalue weighted by Gasteiger charge is 2.22. The number of methoxy groups -OCH3 is 1. The van der Waals surface area contributed by atoms with Crippen molar-refractivity contribution in [2.45, 2.75) is 19.0 Å². The predicted molar refractivity (Wildman–Crippen MR) is 123 cm³/mol. The minimum Gasteiger partial charge on any atom is -0.383 e. The van der Waals surface area contributed by atoms with Crippen LogP contribution in [0.1, 0.15) is 28.8 Å². The van der Waals surface area contributed by atoms with Crippen molar-refractivity contribution in [1.29, 1.82) is 0 Å². The zero-order valence-electron chi connectivity index (χ0n) is 17.2. The minimum absolute atomic E-state index is 0.103. The molecule has 2 aromatic heterocycles. The summed E-state index contributed by atoms with van der Waals surface area (Å²) >= 11 is 1.76. The summed E-state index contributed by atoms with van der Waals surface area (Å²) in [7, 11) is 1.67. The molecule has 1 amide bonds. The second-order valence-electron chi connectivity index (χ2n) is 7.18. The molecule has 0 saturated carbocycles. The second kappa shape index (κ2) is 9.36. The van der Waals surface area contributed by atoms with E-state index in [1.54, 1.807) is 18.9 Å². The summed E-state index contributed by atoms with van der Waals surface area (Å²) in [6.45, 7) is 1.16. The molecule has 1 atom stereocenters. The Morgan fingerprint density at radius 2 is 2.03 bits per heavy atom. The number of thioether (sulfide) groups is 1. The molecule has 2 aromatic carbocycles. The van der Waals surface area contributed by atoms with Crippen LogP contribution in [0.4, 0.5) is 0 Å². The number of imidazole rings is 1. The number of H-pyrrole nitrogens is 1. The molecule has 2 N–H and O–H groups in total. The van der Waals surface area contributed by atoms with Crippen LogP contribution in [0.5, 0.6) is 0 Å². The van der Waals surface area contributed by atoms with Crippen LogP contribution in [0.25, 0.3) is 21.9 Å². The maximum atomic E-state index is 13.3. The molecule has 0 aliphatic rings. The van der Waals surface area contributed by atoms with Crippen molar-refractivity contribution in [3.8, 4) is 0 Å². The van der Waals surface area contributed by atoms with E-state index in [0.717, 1.165) is 39.9 Å². The lowest BCUT2D eigenvalue weighted by Crippen LogP contribution is -2.31. The lowest BCUT2D eigenvalue weighted by atomic mass is 10.2. The molecular weight excluding hydrogens is 396 g/mol. The van der Waals surface area contributed by atoms with Gasteiger partial charge in [0, 0.05) is 24.6 Å². The van der Waals surface area contributed by atoms with E-state index in [2.05, 4.69) is 16.6 Å². The Labute approximate surface area is 180 Å². The van der Waals surface area contributed by atoms with E-state index >= 15 is 0 Å². The van der Waals surface area contributed by atoms with Crippen molar-refractivity contribution in [3.63, 3.8) is 0 Å². The second-order valence-corrected chi connectivity index (χ2v) is 8.17. The summed E-state index contributed by atoms with van der Waals surface area (Å²) in [5, 5.41) is 4.26. The molecule has 0 spiro atoms. The number of hydrogen-bond donors (Lipinski definition) is 2. The molecule has 0 radical (unpaired) electrons. The van der Waals surface area contributed by atoms with Gasteiger partial charge in [0.15, 0.2) is 0 Å². The van der Waals surface area contributed by atoms with E-state index in [1.165, 1.54) is 0 Å². The SMILES string of the molecule is COCCn1c(C(=O)N[C@@H](CCSC)c2nc3ccccc3[nH]2)cc2ccccc21. The van der Waals surface area contributed by atoms with Crippen LogP contribution in [-0.2, 0) is 11.3 Å². The standard InChI is InChI=1S/C23H26N4O2S/c1-29-13-12-27-20-10-6-3-7-16(20)15-21(27)23(28)26-19(11-14-30-2)22-24-17-8-4-5-9-18(17)25-22/h3-10,15,19H,11-14H2,1-2H3,(H,24,25)(H,26,28)/t19-/m0/s1. The molecule has 30 heavy (non-hydrogen) atoms. The molecule has 0 unspecified atom stereocenters. The number of ether oxygens (including phenoxy) is 1. The molecule has 0 aliphatic heterocycles. The highest BCUT2D eigenvalue weighted by atomic mass is 32.2. The number of para-hydroxylation sites is 3. The smallest absolute Gasteiger partial charge is 0.268 e. The largest absolute Gasteiger partial charge is 0.383 e. The Kier molecular flexibility index (Phi) is 6.40. The number of rotatable bonds is 9. The predicted octanol–water partition coefficient (Wildman–Crippen LogP) is 4.39. The average molecular weight is 423 g/mol. The highest BCUT2D eigenvalue weighted by Crippen LogP contribution is 2.23. The van der Waals surface area contributed by atoms with E-state index in [4.69, 9.17) is 9.72 Å². The van der Waals surface area contributed by atoms with Crippen LogP contribution in [0.2, 0.25) is 0 Å². The third-order valence-corrected chi connectivity index (χ3v) is 5.86. The van der Waals surface area contributed by atoms with Gasteiger partial charge < -0.3 is 19.6 Å². The van der Waals surface area contributed by atoms with Crippen LogP contribution in [0.3, 0.4) is 0 Å². The molecule has 156 valence electrons. The summed E-state index contributed by atoms with van der Waals surface area (Å²) in [5.74, 6) is 1.61. The first-order valence-electron chi connectivity index (χ1n) is 10.0. The van der Waals surface area contributed by atoms with Gasteiger partial charge >= 0.3 is 0 Å². The van der Waals surface area contributed by atoms with Crippen LogP contribution in [0, 0.1) is 0 Å².